The van der Waals surface area contributed by atoms with Crippen LogP contribution in [0.25, 0.3) is 0 Å². The summed E-state index contributed by atoms with van der Waals surface area (Å²) in [6.07, 6.45) is 1.27. The van der Waals surface area contributed by atoms with Gasteiger partial charge in [0.25, 0.3) is 11.8 Å². The number of amides is 2. The lowest BCUT2D eigenvalue weighted by molar-refractivity contribution is -0.124. The summed E-state index contributed by atoms with van der Waals surface area (Å²) in [5.74, 6) is -0.222. The van der Waals surface area contributed by atoms with Crippen LogP contribution in [-0.2, 0) is 16.1 Å². The first kappa shape index (κ1) is 16.7. The van der Waals surface area contributed by atoms with Crippen molar-refractivity contribution in [2.45, 2.75) is 25.5 Å². The molecule has 1 aliphatic heterocycles. The Hall–Kier alpha value is -2.18. The lowest BCUT2D eigenvalue weighted by atomic mass is 10.1. The first-order chi connectivity index (χ1) is 11.6. The molecule has 2 aromatic rings. The van der Waals surface area contributed by atoms with E-state index in [2.05, 4.69) is 5.32 Å². The van der Waals surface area contributed by atoms with Crippen molar-refractivity contribution in [1.82, 2.24) is 4.90 Å². The van der Waals surface area contributed by atoms with Crippen LogP contribution in [0, 0.1) is 0 Å². The van der Waals surface area contributed by atoms with Gasteiger partial charge >= 0.3 is 0 Å². The zero-order chi connectivity index (χ0) is 16.9. The Labute approximate surface area is 145 Å². The Kier molecular flexibility index (Phi) is 5.27. The molecule has 1 unspecified atom stereocenters. The molecule has 126 valence electrons. The maximum atomic E-state index is 12.6. The molecule has 5 nitrogen and oxygen atoms in total. The molecular weight excluding hydrogens is 324 g/mol. The Balaban J connectivity index is 1.65. The average Bonchev–Trinajstić information content (AvgIpc) is 3.28. The van der Waals surface area contributed by atoms with Crippen LogP contribution in [0.5, 0.6) is 0 Å². The molecule has 6 heteroatoms. The summed E-state index contributed by atoms with van der Waals surface area (Å²) in [5, 5.41) is 4.83. The molecular formula is C18H20N2O3S. The molecule has 0 radical (unpaired) electrons. The van der Waals surface area contributed by atoms with Crippen molar-refractivity contribution in [3.63, 3.8) is 0 Å². The van der Waals surface area contributed by atoms with Crippen molar-refractivity contribution in [2.24, 2.45) is 0 Å². The molecule has 1 N–H and O–H groups in total. The zero-order valence-corrected chi connectivity index (χ0v) is 14.3. The van der Waals surface area contributed by atoms with Crippen LogP contribution in [0.15, 0.2) is 41.8 Å². The molecule has 24 heavy (non-hydrogen) atoms. The number of anilines is 1. The van der Waals surface area contributed by atoms with E-state index in [1.165, 1.54) is 0 Å². The van der Waals surface area contributed by atoms with Crippen LogP contribution in [-0.4, -0.2) is 36.5 Å². The second-order valence-electron chi connectivity index (χ2n) is 5.81. The van der Waals surface area contributed by atoms with E-state index >= 15 is 0 Å². The lowest BCUT2D eigenvalue weighted by Gasteiger charge is -2.17. The molecule has 1 aromatic heterocycles. The first-order valence-electron chi connectivity index (χ1n) is 7.94. The van der Waals surface area contributed by atoms with Gasteiger partial charge in [-0.1, -0.05) is 12.1 Å². The zero-order valence-electron chi connectivity index (χ0n) is 13.5. The summed E-state index contributed by atoms with van der Waals surface area (Å²) < 4.78 is 5.38. The molecule has 1 aromatic carbocycles. The number of thiophene rings is 1. The monoisotopic (exact) mass is 344 g/mol. The number of nitrogens with one attached hydrogen (secondary N) is 1. The van der Waals surface area contributed by atoms with Crippen LogP contribution in [0.1, 0.15) is 28.1 Å². The highest BCUT2D eigenvalue weighted by atomic mass is 32.1. The molecule has 1 aliphatic rings. The third-order valence-corrected chi connectivity index (χ3v) is 4.78. The summed E-state index contributed by atoms with van der Waals surface area (Å²) >= 11 is 1.62. The fourth-order valence-electron chi connectivity index (χ4n) is 2.67. The number of nitrogens with zero attached hydrogens (tertiary/aromatic N) is 1. The van der Waals surface area contributed by atoms with Gasteiger partial charge in [0.1, 0.15) is 6.10 Å². The van der Waals surface area contributed by atoms with Crippen molar-refractivity contribution in [3.8, 4) is 0 Å². The molecule has 0 bridgehead atoms. The molecule has 0 saturated carbocycles. The minimum atomic E-state index is -0.383. The van der Waals surface area contributed by atoms with Gasteiger partial charge in [-0.15, -0.1) is 11.3 Å². The van der Waals surface area contributed by atoms with E-state index in [0.29, 0.717) is 24.4 Å². The maximum absolute atomic E-state index is 12.6. The molecule has 0 spiro atoms. The molecule has 2 heterocycles. The van der Waals surface area contributed by atoms with Crippen molar-refractivity contribution < 1.29 is 14.3 Å². The van der Waals surface area contributed by atoms with Gasteiger partial charge in [-0.25, -0.2) is 0 Å². The van der Waals surface area contributed by atoms with Crippen LogP contribution in [0.4, 0.5) is 5.69 Å². The molecule has 1 atom stereocenters. The molecule has 1 saturated heterocycles. The average molecular weight is 344 g/mol. The second kappa shape index (κ2) is 7.59. The quantitative estimate of drug-likeness (QED) is 0.906. The molecule has 0 aliphatic carbocycles. The number of ether oxygens (including phenoxy) is 1. The maximum Gasteiger partial charge on any atom is 0.253 e. The molecule has 2 amide bonds. The summed E-state index contributed by atoms with van der Waals surface area (Å²) in [4.78, 5) is 27.5. The number of rotatable bonds is 5. The van der Waals surface area contributed by atoms with Crippen LogP contribution >= 0.6 is 11.3 Å². The van der Waals surface area contributed by atoms with Crippen LogP contribution in [0.2, 0.25) is 0 Å². The predicted molar refractivity (Wildman–Crippen MR) is 94.2 cm³/mol. The Morgan fingerprint density at radius 1 is 1.33 bits per heavy atom. The van der Waals surface area contributed by atoms with Gasteiger partial charge in [0.05, 0.1) is 6.54 Å². The minimum absolute atomic E-state index is 0.0726. The number of carbonyl (C=O) groups is 2. The lowest BCUT2D eigenvalue weighted by Crippen LogP contribution is -2.28. The fourth-order valence-corrected chi connectivity index (χ4v) is 3.42. The van der Waals surface area contributed by atoms with E-state index in [0.717, 1.165) is 17.7 Å². The summed E-state index contributed by atoms with van der Waals surface area (Å²) in [7, 11) is 1.78. The SMILES string of the molecule is CN(Cc1cccs1)C(=O)c1cccc(NC(=O)C2CCCO2)c1. The van der Waals surface area contributed by atoms with Gasteiger partial charge in [0.2, 0.25) is 0 Å². The van der Waals surface area contributed by atoms with Gasteiger partial charge in [0.15, 0.2) is 0 Å². The highest BCUT2D eigenvalue weighted by Gasteiger charge is 2.23. The van der Waals surface area contributed by atoms with E-state index < -0.39 is 0 Å². The van der Waals surface area contributed by atoms with E-state index in [1.54, 1.807) is 47.5 Å². The van der Waals surface area contributed by atoms with Gasteiger partial charge in [-0.3, -0.25) is 9.59 Å². The van der Waals surface area contributed by atoms with E-state index in [-0.39, 0.29) is 17.9 Å². The van der Waals surface area contributed by atoms with Crippen molar-refractivity contribution in [3.05, 3.63) is 52.2 Å². The molecule has 3 rings (SSSR count). The van der Waals surface area contributed by atoms with Crippen LogP contribution in [0.3, 0.4) is 0 Å². The van der Waals surface area contributed by atoms with Gasteiger partial charge in [-0.2, -0.15) is 0 Å². The normalized spacial score (nSPS) is 16.8. The van der Waals surface area contributed by atoms with E-state index in [4.69, 9.17) is 4.74 Å². The number of benzene rings is 1. The van der Waals surface area contributed by atoms with Gasteiger partial charge in [0, 0.05) is 29.8 Å². The standard InChI is InChI=1S/C18H20N2O3S/c1-20(12-15-7-4-10-24-15)18(22)13-5-2-6-14(11-13)19-17(21)16-8-3-9-23-16/h2,4-7,10-11,16H,3,8-9,12H2,1H3,(H,19,21). The van der Waals surface area contributed by atoms with Crippen LogP contribution < -0.4 is 5.32 Å². The summed E-state index contributed by atoms with van der Waals surface area (Å²) in [6.45, 7) is 1.20. The number of hydrogen-bond acceptors (Lipinski definition) is 4. The largest absolute Gasteiger partial charge is 0.368 e. The summed E-state index contributed by atoms with van der Waals surface area (Å²) in [6, 6.07) is 11.0. The third kappa shape index (κ3) is 4.01. The summed E-state index contributed by atoms with van der Waals surface area (Å²) in [5.41, 5.74) is 1.17. The van der Waals surface area contributed by atoms with Crippen molar-refractivity contribution >= 4 is 28.8 Å². The first-order valence-corrected chi connectivity index (χ1v) is 8.82. The highest BCUT2D eigenvalue weighted by Crippen LogP contribution is 2.18. The van der Waals surface area contributed by atoms with E-state index in [9.17, 15) is 9.59 Å². The van der Waals surface area contributed by atoms with Gasteiger partial charge in [-0.05, 0) is 42.5 Å². The topological polar surface area (TPSA) is 58.6 Å². The third-order valence-electron chi connectivity index (χ3n) is 3.92. The minimum Gasteiger partial charge on any atom is -0.368 e. The second-order valence-corrected chi connectivity index (χ2v) is 6.84. The Morgan fingerprint density at radius 2 is 2.21 bits per heavy atom. The van der Waals surface area contributed by atoms with Gasteiger partial charge < -0.3 is 15.0 Å². The van der Waals surface area contributed by atoms with Crippen molar-refractivity contribution in [2.75, 3.05) is 19.0 Å². The molecule has 1 fully saturated rings. The predicted octanol–water partition coefficient (Wildman–Crippen LogP) is 3.14. The Bertz CT molecular complexity index is 709. The van der Waals surface area contributed by atoms with Crippen molar-refractivity contribution in [1.29, 1.82) is 0 Å². The van der Waals surface area contributed by atoms with E-state index in [1.807, 2.05) is 17.5 Å². The smallest absolute Gasteiger partial charge is 0.253 e. The number of hydrogen-bond donors (Lipinski definition) is 1. The Morgan fingerprint density at radius 3 is 2.92 bits per heavy atom. The highest BCUT2D eigenvalue weighted by molar-refractivity contribution is 7.09. The number of carbonyl (C=O) groups excluding carboxylic acids is 2. The fraction of sp³-hybridized carbons (Fsp3) is 0.333.